The van der Waals surface area contributed by atoms with Gasteiger partial charge in [-0.1, -0.05) is 19.1 Å². The van der Waals surface area contributed by atoms with Gasteiger partial charge in [0.1, 0.15) is 5.82 Å². The Labute approximate surface area is 123 Å². The van der Waals surface area contributed by atoms with Gasteiger partial charge in [0.15, 0.2) is 5.82 Å². The van der Waals surface area contributed by atoms with E-state index in [-0.39, 0.29) is 18.0 Å². The maximum Gasteiger partial charge on any atom is 0.234 e. The minimum atomic E-state index is -3.52. The predicted octanol–water partition coefficient (Wildman–Crippen LogP) is 2.40. The van der Waals surface area contributed by atoms with E-state index in [2.05, 4.69) is 14.9 Å². The number of aromatic nitrogens is 2. The van der Waals surface area contributed by atoms with Crippen molar-refractivity contribution in [1.82, 2.24) is 10.2 Å². The second-order valence-corrected chi connectivity index (χ2v) is 6.67. The summed E-state index contributed by atoms with van der Waals surface area (Å²) < 4.78 is 39.6. The number of benzene rings is 1. The maximum atomic E-state index is 13.0. The van der Waals surface area contributed by atoms with E-state index in [0.29, 0.717) is 11.4 Å². The minimum absolute atomic E-state index is 0.121. The fourth-order valence-electron chi connectivity index (χ4n) is 2.02. The monoisotopic (exact) mass is 311 g/mol. The number of H-pyrrole nitrogens is 1. The summed E-state index contributed by atoms with van der Waals surface area (Å²) in [4.78, 5) is 0. The summed E-state index contributed by atoms with van der Waals surface area (Å²) in [7, 11) is -3.52. The van der Waals surface area contributed by atoms with Crippen LogP contribution in [0, 0.1) is 12.7 Å². The van der Waals surface area contributed by atoms with Crippen molar-refractivity contribution in [2.45, 2.75) is 26.7 Å². The summed E-state index contributed by atoms with van der Waals surface area (Å²) in [5.41, 5.74) is 2.35. The van der Waals surface area contributed by atoms with Gasteiger partial charge in [0, 0.05) is 11.3 Å². The number of hydrogen-bond donors (Lipinski definition) is 2. The van der Waals surface area contributed by atoms with Crippen molar-refractivity contribution in [3.05, 3.63) is 46.9 Å². The molecule has 1 aromatic carbocycles. The Morgan fingerprint density at radius 2 is 2.14 bits per heavy atom. The number of halogens is 1. The third-order valence-electron chi connectivity index (χ3n) is 3.26. The Morgan fingerprint density at radius 3 is 2.76 bits per heavy atom. The molecule has 21 heavy (non-hydrogen) atoms. The third-order valence-corrected chi connectivity index (χ3v) is 4.51. The first kappa shape index (κ1) is 15.5. The van der Waals surface area contributed by atoms with Gasteiger partial charge in [-0.15, -0.1) is 0 Å². The lowest BCUT2D eigenvalue weighted by atomic mass is 10.2. The topological polar surface area (TPSA) is 74.8 Å². The van der Waals surface area contributed by atoms with E-state index in [4.69, 9.17) is 0 Å². The summed E-state index contributed by atoms with van der Waals surface area (Å²) >= 11 is 0. The maximum absolute atomic E-state index is 13.0. The Bertz CT molecular complexity index is 726. The molecule has 0 saturated heterocycles. The second kappa shape index (κ2) is 6.26. The number of aryl methyl sites for hydroxylation is 2. The van der Waals surface area contributed by atoms with Crippen LogP contribution in [0.4, 0.5) is 10.2 Å². The van der Waals surface area contributed by atoms with E-state index in [0.717, 1.165) is 17.7 Å². The highest BCUT2D eigenvalue weighted by Crippen LogP contribution is 2.17. The van der Waals surface area contributed by atoms with Crippen molar-refractivity contribution in [3.63, 3.8) is 0 Å². The molecule has 114 valence electrons. The van der Waals surface area contributed by atoms with Gasteiger partial charge >= 0.3 is 0 Å². The third kappa shape index (κ3) is 4.04. The summed E-state index contributed by atoms with van der Waals surface area (Å²) in [6.45, 7) is 3.77. The molecule has 1 aromatic heterocycles. The van der Waals surface area contributed by atoms with E-state index in [1.54, 1.807) is 12.1 Å². The van der Waals surface area contributed by atoms with E-state index in [9.17, 15) is 12.8 Å². The zero-order chi connectivity index (χ0) is 15.5. The summed E-state index contributed by atoms with van der Waals surface area (Å²) in [6, 6.07) is 5.93. The molecule has 0 aliphatic heterocycles. The van der Waals surface area contributed by atoms with Gasteiger partial charge in [0.2, 0.25) is 10.0 Å². The fraction of sp³-hybridized carbons (Fsp3) is 0.357. The molecule has 0 saturated carbocycles. The number of aromatic amines is 1. The van der Waals surface area contributed by atoms with Crippen molar-refractivity contribution in [2.75, 3.05) is 10.5 Å². The van der Waals surface area contributed by atoms with Gasteiger partial charge in [0.05, 0.1) is 5.75 Å². The molecule has 0 amide bonds. The first-order valence-electron chi connectivity index (χ1n) is 6.70. The molecule has 2 rings (SSSR count). The van der Waals surface area contributed by atoms with Crippen molar-refractivity contribution < 1.29 is 12.8 Å². The van der Waals surface area contributed by atoms with Crippen LogP contribution in [0.5, 0.6) is 0 Å². The normalized spacial score (nSPS) is 11.6. The number of nitrogens with one attached hydrogen (secondary N) is 2. The lowest BCUT2D eigenvalue weighted by Gasteiger charge is -2.07. The molecule has 2 N–H and O–H groups in total. The van der Waals surface area contributed by atoms with Crippen molar-refractivity contribution >= 4 is 15.8 Å². The molecule has 7 heteroatoms. The first-order valence-corrected chi connectivity index (χ1v) is 8.35. The van der Waals surface area contributed by atoms with Gasteiger partial charge < -0.3 is 0 Å². The zero-order valence-electron chi connectivity index (χ0n) is 12.0. The molecule has 0 fully saturated rings. The molecular formula is C14H18FN3O2S. The quantitative estimate of drug-likeness (QED) is 0.860. The standard InChI is InChI=1S/C14H18FN3O2S/c1-3-13-10(2)14(17-16-13)18-21(19,20)8-7-11-5-4-6-12(15)9-11/h4-6,9H,3,7-8H2,1-2H3,(H2,16,17,18). The lowest BCUT2D eigenvalue weighted by Crippen LogP contribution is -2.19. The Kier molecular flexibility index (Phi) is 4.62. The highest BCUT2D eigenvalue weighted by atomic mass is 32.2. The molecule has 2 aromatic rings. The Balaban J connectivity index is 2.03. The number of rotatable bonds is 6. The Morgan fingerprint density at radius 1 is 1.38 bits per heavy atom. The van der Waals surface area contributed by atoms with Crippen LogP contribution >= 0.6 is 0 Å². The van der Waals surface area contributed by atoms with Crippen LogP contribution in [0.1, 0.15) is 23.7 Å². The van der Waals surface area contributed by atoms with Crippen molar-refractivity contribution in [1.29, 1.82) is 0 Å². The van der Waals surface area contributed by atoms with E-state index in [1.807, 2.05) is 13.8 Å². The molecule has 0 bridgehead atoms. The van der Waals surface area contributed by atoms with Gasteiger partial charge in [-0.05, 0) is 37.5 Å². The molecule has 0 aliphatic rings. The van der Waals surface area contributed by atoms with Gasteiger partial charge in [-0.3, -0.25) is 9.82 Å². The molecule has 1 heterocycles. The molecule has 0 unspecified atom stereocenters. The summed E-state index contributed by atoms with van der Waals surface area (Å²) in [5.74, 6) is -0.163. The molecule has 0 aliphatic carbocycles. The lowest BCUT2D eigenvalue weighted by molar-refractivity contribution is 0.599. The fourth-order valence-corrected chi connectivity index (χ4v) is 3.12. The van der Waals surface area contributed by atoms with Crippen LogP contribution in [-0.2, 0) is 22.9 Å². The van der Waals surface area contributed by atoms with Crippen LogP contribution in [0.15, 0.2) is 24.3 Å². The Hall–Kier alpha value is -1.89. The predicted molar refractivity (Wildman–Crippen MR) is 80.2 cm³/mol. The van der Waals surface area contributed by atoms with E-state index >= 15 is 0 Å². The summed E-state index contributed by atoms with van der Waals surface area (Å²) in [5, 5.41) is 6.77. The van der Waals surface area contributed by atoms with Crippen LogP contribution in [0.25, 0.3) is 0 Å². The average Bonchev–Trinajstić information content (AvgIpc) is 2.77. The highest BCUT2D eigenvalue weighted by molar-refractivity contribution is 7.92. The molecule has 0 spiro atoms. The zero-order valence-corrected chi connectivity index (χ0v) is 12.8. The van der Waals surface area contributed by atoms with Crippen LogP contribution < -0.4 is 4.72 Å². The molecular weight excluding hydrogens is 293 g/mol. The number of anilines is 1. The van der Waals surface area contributed by atoms with Crippen molar-refractivity contribution in [3.8, 4) is 0 Å². The van der Waals surface area contributed by atoms with Crippen molar-refractivity contribution in [2.24, 2.45) is 0 Å². The van der Waals surface area contributed by atoms with E-state index in [1.165, 1.54) is 12.1 Å². The largest absolute Gasteiger partial charge is 0.280 e. The van der Waals surface area contributed by atoms with Gasteiger partial charge in [-0.25, -0.2) is 12.8 Å². The molecule has 0 atom stereocenters. The highest BCUT2D eigenvalue weighted by Gasteiger charge is 2.15. The summed E-state index contributed by atoms with van der Waals surface area (Å²) in [6.07, 6.45) is 1.00. The van der Waals surface area contributed by atoms with Crippen LogP contribution in [-0.4, -0.2) is 24.4 Å². The van der Waals surface area contributed by atoms with Gasteiger partial charge in [0.25, 0.3) is 0 Å². The van der Waals surface area contributed by atoms with Crippen LogP contribution in [0.3, 0.4) is 0 Å². The minimum Gasteiger partial charge on any atom is -0.280 e. The van der Waals surface area contributed by atoms with Gasteiger partial charge in [-0.2, -0.15) is 5.10 Å². The SMILES string of the molecule is CCc1[nH]nc(NS(=O)(=O)CCc2cccc(F)c2)c1C. The second-order valence-electron chi connectivity index (χ2n) is 4.83. The van der Waals surface area contributed by atoms with E-state index < -0.39 is 10.0 Å². The first-order chi connectivity index (χ1) is 9.91. The smallest absolute Gasteiger partial charge is 0.234 e. The number of hydrogen-bond acceptors (Lipinski definition) is 3. The average molecular weight is 311 g/mol. The number of nitrogens with zero attached hydrogens (tertiary/aromatic N) is 1. The molecule has 5 nitrogen and oxygen atoms in total. The number of sulfonamides is 1. The van der Waals surface area contributed by atoms with Crippen LogP contribution in [0.2, 0.25) is 0 Å². The molecule has 0 radical (unpaired) electrons.